The van der Waals surface area contributed by atoms with Gasteiger partial charge < -0.3 is 10.1 Å². The first-order valence-electron chi connectivity index (χ1n) is 6.10. The molecule has 90 valence electrons. The zero-order chi connectivity index (χ0) is 11.6. The van der Waals surface area contributed by atoms with Crippen LogP contribution in [0.1, 0.15) is 38.4 Å². The molecule has 1 aromatic heterocycles. The molecule has 1 N–H and O–H groups in total. The molecule has 0 aliphatic heterocycles. The molecule has 0 radical (unpaired) electrons. The lowest BCUT2D eigenvalue weighted by molar-refractivity contribution is 0.146. The molecule has 3 heteroatoms. The first kappa shape index (κ1) is 13.1. The fraction of sp³-hybridized carbons (Fsp3) is 0.615. The summed E-state index contributed by atoms with van der Waals surface area (Å²) in [5, 5.41) is 3.48. The van der Waals surface area contributed by atoms with Crippen LogP contribution in [0, 0.1) is 0 Å². The van der Waals surface area contributed by atoms with Crippen LogP contribution in [0.15, 0.2) is 24.4 Å². The van der Waals surface area contributed by atoms with Gasteiger partial charge in [0, 0.05) is 25.4 Å². The van der Waals surface area contributed by atoms with E-state index in [0.29, 0.717) is 6.04 Å². The number of hydrogen-bond donors (Lipinski definition) is 1. The molecule has 1 heterocycles. The SMILES string of the molecule is CCCC(NCCOCC)c1ccccn1. The van der Waals surface area contributed by atoms with Gasteiger partial charge in [-0.1, -0.05) is 19.4 Å². The number of hydrogen-bond acceptors (Lipinski definition) is 3. The molecule has 0 spiro atoms. The Kier molecular flexibility index (Phi) is 6.77. The molecule has 0 amide bonds. The summed E-state index contributed by atoms with van der Waals surface area (Å²) >= 11 is 0. The highest BCUT2D eigenvalue weighted by atomic mass is 16.5. The second kappa shape index (κ2) is 8.25. The fourth-order valence-corrected chi connectivity index (χ4v) is 1.67. The summed E-state index contributed by atoms with van der Waals surface area (Å²) in [6.07, 6.45) is 4.12. The Morgan fingerprint density at radius 3 is 2.88 bits per heavy atom. The molecular formula is C13H22N2O. The predicted molar refractivity (Wildman–Crippen MR) is 66.4 cm³/mol. The Hall–Kier alpha value is -0.930. The van der Waals surface area contributed by atoms with Crippen molar-refractivity contribution in [1.29, 1.82) is 0 Å². The minimum Gasteiger partial charge on any atom is -0.380 e. The van der Waals surface area contributed by atoms with Crippen molar-refractivity contribution in [2.24, 2.45) is 0 Å². The van der Waals surface area contributed by atoms with Crippen molar-refractivity contribution in [2.75, 3.05) is 19.8 Å². The van der Waals surface area contributed by atoms with Crippen LogP contribution in [0.25, 0.3) is 0 Å². The zero-order valence-electron chi connectivity index (χ0n) is 10.3. The zero-order valence-corrected chi connectivity index (χ0v) is 10.3. The highest BCUT2D eigenvalue weighted by Gasteiger charge is 2.09. The van der Waals surface area contributed by atoms with E-state index in [-0.39, 0.29) is 0 Å². The molecule has 3 nitrogen and oxygen atoms in total. The largest absolute Gasteiger partial charge is 0.380 e. The van der Waals surface area contributed by atoms with E-state index in [1.807, 2.05) is 25.3 Å². The average Bonchev–Trinajstić information content (AvgIpc) is 2.34. The van der Waals surface area contributed by atoms with Crippen molar-refractivity contribution in [3.8, 4) is 0 Å². The number of nitrogens with one attached hydrogen (secondary N) is 1. The molecule has 0 aliphatic rings. The quantitative estimate of drug-likeness (QED) is 0.686. The van der Waals surface area contributed by atoms with Gasteiger partial charge in [-0.15, -0.1) is 0 Å². The number of nitrogens with zero attached hydrogens (tertiary/aromatic N) is 1. The van der Waals surface area contributed by atoms with Crippen LogP contribution >= 0.6 is 0 Å². The molecule has 0 aliphatic carbocycles. The minimum atomic E-state index is 0.353. The molecule has 1 rings (SSSR count). The second-order valence-electron chi connectivity index (χ2n) is 3.75. The summed E-state index contributed by atoms with van der Waals surface area (Å²) in [6.45, 7) is 6.64. The first-order valence-corrected chi connectivity index (χ1v) is 6.10. The third-order valence-electron chi connectivity index (χ3n) is 2.46. The van der Waals surface area contributed by atoms with E-state index >= 15 is 0 Å². The predicted octanol–water partition coefficient (Wildman–Crippen LogP) is 2.55. The molecule has 1 atom stereocenters. The molecular weight excluding hydrogens is 200 g/mol. The Balaban J connectivity index is 2.41. The maximum atomic E-state index is 5.32. The lowest BCUT2D eigenvalue weighted by atomic mass is 10.1. The van der Waals surface area contributed by atoms with Crippen molar-refractivity contribution in [2.45, 2.75) is 32.7 Å². The summed E-state index contributed by atoms with van der Waals surface area (Å²) in [5.74, 6) is 0. The number of aromatic nitrogens is 1. The van der Waals surface area contributed by atoms with E-state index < -0.39 is 0 Å². The van der Waals surface area contributed by atoms with Crippen LogP contribution in [0.5, 0.6) is 0 Å². The molecule has 16 heavy (non-hydrogen) atoms. The maximum absolute atomic E-state index is 5.32. The molecule has 0 aromatic carbocycles. The van der Waals surface area contributed by atoms with Gasteiger partial charge in [0.05, 0.1) is 12.3 Å². The average molecular weight is 222 g/mol. The van der Waals surface area contributed by atoms with Crippen LogP contribution in [-0.4, -0.2) is 24.7 Å². The van der Waals surface area contributed by atoms with Crippen LogP contribution in [0.3, 0.4) is 0 Å². The molecule has 1 unspecified atom stereocenters. The first-order chi connectivity index (χ1) is 7.88. The molecule has 1 aromatic rings. The van der Waals surface area contributed by atoms with Crippen LogP contribution in [0.2, 0.25) is 0 Å². The van der Waals surface area contributed by atoms with E-state index in [0.717, 1.165) is 38.3 Å². The van der Waals surface area contributed by atoms with E-state index in [2.05, 4.69) is 23.3 Å². The van der Waals surface area contributed by atoms with Crippen LogP contribution in [-0.2, 0) is 4.74 Å². The Bertz CT molecular complexity index is 264. The molecule has 0 bridgehead atoms. The second-order valence-corrected chi connectivity index (χ2v) is 3.75. The van der Waals surface area contributed by atoms with Crippen molar-refractivity contribution in [3.63, 3.8) is 0 Å². The Labute approximate surface area is 98.2 Å². The molecule has 0 fully saturated rings. The third-order valence-corrected chi connectivity index (χ3v) is 2.46. The highest BCUT2D eigenvalue weighted by Crippen LogP contribution is 2.15. The fourth-order valence-electron chi connectivity index (χ4n) is 1.67. The van der Waals surface area contributed by atoms with Gasteiger partial charge in [-0.3, -0.25) is 4.98 Å². The normalized spacial score (nSPS) is 12.6. The van der Waals surface area contributed by atoms with Gasteiger partial charge in [0.1, 0.15) is 0 Å². The van der Waals surface area contributed by atoms with Crippen molar-refractivity contribution >= 4 is 0 Å². The van der Waals surface area contributed by atoms with E-state index in [1.54, 1.807) is 0 Å². The molecule has 0 saturated heterocycles. The Morgan fingerprint density at radius 2 is 2.25 bits per heavy atom. The lowest BCUT2D eigenvalue weighted by Gasteiger charge is -2.17. The third kappa shape index (κ3) is 4.73. The summed E-state index contributed by atoms with van der Waals surface area (Å²) in [5.41, 5.74) is 1.13. The van der Waals surface area contributed by atoms with Gasteiger partial charge in [-0.25, -0.2) is 0 Å². The minimum absolute atomic E-state index is 0.353. The standard InChI is InChI=1S/C13H22N2O/c1-3-7-12(15-10-11-16-4-2)13-8-5-6-9-14-13/h5-6,8-9,12,15H,3-4,7,10-11H2,1-2H3. The van der Waals surface area contributed by atoms with Crippen molar-refractivity contribution in [3.05, 3.63) is 30.1 Å². The smallest absolute Gasteiger partial charge is 0.0590 e. The van der Waals surface area contributed by atoms with Gasteiger partial charge in [-0.05, 0) is 25.5 Å². The van der Waals surface area contributed by atoms with Gasteiger partial charge in [0.2, 0.25) is 0 Å². The van der Waals surface area contributed by atoms with Crippen molar-refractivity contribution in [1.82, 2.24) is 10.3 Å². The lowest BCUT2D eigenvalue weighted by Crippen LogP contribution is -2.26. The summed E-state index contributed by atoms with van der Waals surface area (Å²) in [7, 11) is 0. The topological polar surface area (TPSA) is 34.1 Å². The number of rotatable bonds is 8. The van der Waals surface area contributed by atoms with Gasteiger partial charge in [0.15, 0.2) is 0 Å². The van der Waals surface area contributed by atoms with E-state index in [4.69, 9.17) is 4.74 Å². The van der Waals surface area contributed by atoms with Crippen LogP contribution in [0.4, 0.5) is 0 Å². The van der Waals surface area contributed by atoms with Gasteiger partial charge >= 0.3 is 0 Å². The van der Waals surface area contributed by atoms with Crippen molar-refractivity contribution < 1.29 is 4.74 Å². The Morgan fingerprint density at radius 1 is 1.38 bits per heavy atom. The van der Waals surface area contributed by atoms with Gasteiger partial charge in [0.25, 0.3) is 0 Å². The summed E-state index contributed by atoms with van der Waals surface area (Å²) in [6, 6.07) is 6.42. The van der Waals surface area contributed by atoms with E-state index in [9.17, 15) is 0 Å². The van der Waals surface area contributed by atoms with Crippen LogP contribution < -0.4 is 5.32 Å². The summed E-state index contributed by atoms with van der Waals surface area (Å²) < 4.78 is 5.32. The maximum Gasteiger partial charge on any atom is 0.0590 e. The van der Waals surface area contributed by atoms with E-state index in [1.165, 1.54) is 0 Å². The highest BCUT2D eigenvalue weighted by molar-refractivity contribution is 5.08. The number of ether oxygens (including phenoxy) is 1. The number of pyridine rings is 1. The summed E-state index contributed by atoms with van der Waals surface area (Å²) in [4.78, 5) is 4.39. The van der Waals surface area contributed by atoms with Gasteiger partial charge in [-0.2, -0.15) is 0 Å². The molecule has 0 saturated carbocycles. The monoisotopic (exact) mass is 222 g/mol.